The Morgan fingerprint density at radius 2 is 1.65 bits per heavy atom. The number of carbonyl (C=O) groups excluding carboxylic acids is 1. The summed E-state index contributed by atoms with van der Waals surface area (Å²) in [4.78, 5) is 12.6. The van der Waals surface area contributed by atoms with Crippen molar-refractivity contribution >= 4 is 16.0 Å². The number of nitrogens with one attached hydrogen (secondary N) is 1. The molecule has 12 atom stereocenters. The predicted octanol–water partition coefficient (Wildman–Crippen LogP) is 4.28. The smallest absolute Gasteiger partial charge is 0.266 e. The minimum absolute atomic E-state index is 0.0735. The summed E-state index contributed by atoms with van der Waals surface area (Å²) >= 11 is 0. The Hall–Kier alpha value is -0.700. The average molecular weight is 542 g/mol. The number of rotatable bonds is 8. The normalized spacial score (nSPS) is 45.3. The van der Waals surface area contributed by atoms with Crippen LogP contribution in [0.15, 0.2) is 0 Å². The van der Waals surface area contributed by atoms with Gasteiger partial charge in [0.05, 0.1) is 18.0 Å². The van der Waals surface area contributed by atoms with Gasteiger partial charge in [-0.05, 0) is 104 Å². The summed E-state index contributed by atoms with van der Waals surface area (Å²) in [6.07, 6.45) is 8.54. The lowest BCUT2D eigenvalue weighted by Gasteiger charge is -2.64. The van der Waals surface area contributed by atoms with Crippen molar-refractivity contribution in [3.8, 4) is 0 Å². The first-order chi connectivity index (χ1) is 17.2. The van der Waals surface area contributed by atoms with Crippen LogP contribution in [-0.4, -0.2) is 53.6 Å². The monoisotopic (exact) mass is 541 g/mol. The minimum Gasteiger partial charge on any atom is -0.393 e. The summed E-state index contributed by atoms with van der Waals surface area (Å²) in [5, 5.41) is 25.0. The molecule has 0 aromatic carbocycles. The highest BCUT2D eigenvalue weighted by Crippen LogP contribution is 2.69. The molecule has 4 unspecified atom stereocenters. The van der Waals surface area contributed by atoms with E-state index in [1.807, 2.05) is 6.92 Å². The molecule has 4 rings (SSSR count). The molecule has 0 aromatic heterocycles. The molecule has 1 amide bonds. The van der Waals surface area contributed by atoms with E-state index in [4.69, 9.17) is 4.55 Å². The summed E-state index contributed by atoms with van der Waals surface area (Å²) in [6.45, 7) is 11.2. The van der Waals surface area contributed by atoms with Crippen molar-refractivity contribution in [2.45, 2.75) is 105 Å². The van der Waals surface area contributed by atoms with E-state index in [0.717, 1.165) is 57.8 Å². The largest absolute Gasteiger partial charge is 0.393 e. The van der Waals surface area contributed by atoms with Crippen LogP contribution in [0.4, 0.5) is 0 Å². The van der Waals surface area contributed by atoms with E-state index in [2.05, 4.69) is 33.0 Å². The molecule has 0 aromatic rings. The van der Waals surface area contributed by atoms with Gasteiger partial charge in [-0.2, -0.15) is 8.42 Å². The molecule has 0 heterocycles. The van der Waals surface area contributed by atoms with Crippen LogP contribution >= 0.6 is 0 Å². The van der Waals surface area contributed by atoms with Crippen molar-refractivity contribution in [1.29, 1.82) is 0 Å². The van der Waals surface area contributed by atoms with Crippen LogP contribution in [0.3, 0.4) is 0 Å². The first kappa shape index (κ1) is 29.3. The Labute approximate surface area is 224 Å². The summed E-state index contributed by atoms with van der Waals surface area (Å²) < 4.78 is 30.8. The first-order valence-corrected chi connectivity index (χ1v) is 16.4. The molecule has 4 aliphatic carbocycles. The van der Waals surface area contributed by atoms with Crippen LogP contribution in [0.1, 0.15) is 92.4 Å². The van der Waals surface area contributed by atoms with E-state index < -0.39 is 15.9 Å². The molecular formula is C29H51NO6S. The maximum absolute atomic E-state index is 12.6. The van der Waals surface area contributed by atoms with Crippen LogP contribution < -0.4 is 5.32 Å². The number of hydrogen-bond acceptors (Lipinski definition) is 5. The van der Waals surface area contributed by atoms with Crippen molar-refractivity contribution in [1.82, 2.24) is 5.32 Å². The van der Waals surface area contributed by atoms with Crippen molar-refractivity contribution in [2.24, 2.45) is 58.2 Å². The fraction of sp³-hybridized carbons (Fsp3) is 0.966. The van der Waals surface area contributed by atoms with Crippen LogP contribution in [0.25, 0.3) is 0 Å². The highest BCUT2D eigenvalue weighted by atomic mass is 32.2. The SMILES string of the molecule is CC[C@H]1[C@H](O)C2C3CC[C@H]([C@@H](C)CC(C)C(=O)NCCS(=O)(=O)O)[C@@]3(C)CCC2[C@@]2(C)CC[C@@H](O)C[C@@H]12. The van der Waals surface area contributed by atoms with Gasteiger partial charge >= 0.3 is 0 Å². The molecule has 4 N–H and O–H groups in total. The second-order valence-electron chi connectivity index (χ2n) is 13.8. The van der Waals surface area contributed by atoms with E-state index in [0.29, 0.717) is 35.5 Å². The molecule has 4 aliphatic rings. The minimum atomic E-state index is -4.09. The van der Waals surface area contributed by atoms with Gasteiger partial charge < -0.3 is 15.5 Å². The summed E-state index contributed by atoms with van der Waals surface area (Å²) in [6, 6.07) is 0. The Bertz CT molecular complexity index is 941. The first-order valence-electron chi connectivity index (χ1n) is 14.8. The second-order valence-corrected chi connectivity index (χ2v) is 15.4. The van der Waals surface area contributed by atoms with Gasteiger partial charge in [0.25, 0.3) is 10.1 Å². The van der Waals surface area contributed by atoms with E-state index in [1.54, 1.807) is 0 Å². The zero-order valence-electron chi connectivity index (χ0n) is 23.5. The molecule has 0 aliphatic heterocycles. The lowest BCUT2D eigenvalue weighted by atomic mass is 9.41. The molecular weight excluding hydrogens is 490 g/mol. The van der Waals surface area contributed by atoms with Crippen molar-refractivity contribution < 1.29 is 28.0 Å². The van der Waals surface area contributed by atoms with E-state index in [9.17, 15) is 23.4 Å². The molecule has 4 saturated carbocycles. The average Bonchev–Trinajstić information content (AvgIpc) is 3.16. The summed E-state index contributed by atoms with van der Waals surface area (Å²) in [5.41, 5.74) is 0.349. The Morgan fingerprint density at radius 3 is 2.30 bits per heavy atom. The molecule has 37 heavy (non-hydrogen) atoms. The Balaban J connectivity index is 1.47. The quantitative estimate of drug-likeness (QED) is 0.340. The molecule has 214 valence electrons. The number of hydrogen-bond donors (Lipinski definition) is 4. The lowest BCUT2D eigenvalue weighted by Crippen LogP contribution is -2.62. The van der Waals surface area contributed by atoms with Crippen molar-refractivity contribution in [3.05, 3.63) is 0 Å². The lowest BCUT2D eigenvalue weighted by molar-refractivity contribution is -0.203. The third-order valence-corrected chi connectivity index (χ3v) is 12.7. The van der Waals surface area contributed by atoms with Crippen LogP contribution in [-0.2, 0) is 14.9 Å². The van der Waals surface area contributed by atoms with Gasteiger partial charge in [-0.15, -0.1) is 0 Å². The molecule has 0 saturated heterocycles. The van der Waals surface area contributed by atoms with Crippen molar-refractivity contribution in [3.63, 3.8) is 0 Å². The third-order valence-electron chi connectivity index (χ3n) is 12.0. The molecule has 0 spiro atoms. The standard InChI is InChI=1S/C29H51NO6S/c1-6-20-24-16-19(31)9-11-29(24,5)23-10-12-28(4)21(7-8-22(28)25(23)26(20)32)17(2)15-18(3)27(33)30-13-14-37(34,35)36/h17-26,31-32H,6-16H2,1-5H3,(H,30,33)(H,34,35,36)/t17-,18?,19+,20+,21+,22?,23?,24-,25?,26-,28+,29+/m0/s1. The van der Waals surface area contributed by atoms with Crippen LogP contribution in [0.5, 0.6) is 0 Å². The van der Waals surface area contributed by atoms with Gasteiger partial charge in [0, 0.05) is 12.5 Å². The second kappa shape index (κ2) is 10.7. The van der Waals surface area contributed by atoms with E-state index in [-0.39, 0.29) is 47.3 Å². The number of aliphatic hydroxyl groups excluding tert-OH is 2. The molecule has 7 nitrogen and oxygen atoms in total. The fourth-order valence-electron chi connectivity index (χ4n) is 10.2. The molecule has 4 fully saturated rings. The van der Waals surface area contributed by atoms with Gasteiger partial charge in [-0.3, -0.25) is 9.35 Å². The summed E-state index contributed by atoms with van der Waals surface area (Å²) in [5.74, 6) is 1.98. The van der Waals surface area contributed by atoms with Gasteiger partial charge in [0.2, 0.25) is 5.91 Å². The highest BCUT2D eigenvalue weighted by Gasteiger charge is 2.64. The number of amides is 1. The zero-order valence-corrected chi connectivity index (χ0v) is 24.3. The molecule has 0 radical (unpaired) electrons. The zero-order chi connectivity index (χ0) is 27.3. The maximum atomic E-state index is 12.6. The molecule has 8 heteroatoms. The number of aliphatic hydroxyl groups is 2. The van der Waals surface area contributed by atoms with Gasteiger partial charge in [-0.25, -0.2) is 0 Å². The topological polar surface area (TPSA) is 124 Å². The summed E-state index contributed by atoms with van der Waals surface area (Å²) in [7, 11) is -4.09. The van der Waals surface area contributed by atoms with Gasteiger partial charge in [0.15, 0.2) is 0 Å². The van der Waals surface area contributed by atoms with E-state index in [1.165, 1.54) is 0 Å². The van der Waals surface area contributed by atoms with Gasteiger partial charge in [-0.1, -0.05) is 41.0 Å². The van der Waals surface area contributed by atoms with Crippen molar-refractivity contribution in [2.75, 3.05) is 12.3 Å². The Morgan fingerprint density at radius 1 is 1.00 bits per heavy atom. The van der Waals surface area contributed by atoms with Crippen LogP contribution in [0.2, 0.25) is 0 Å². The third kappa shape index (κ3) is 5.38. The molecule has 0 bridgehead atoms. The Kier molecular flexibility index (Phi) is 8.47. The fourth-order valence-corrected chi connectivity index (χ4v) is 10.6. The van der Waals surface area contributed by atoms with Crippen LogP contribution in [0, 0.1) is 58.2 Å². The predicted molar refractivity (Wildman–Crippen MR) is 144 cm³/mol. The number of fused-ring (bicyclic) bond motifs is 5. The number of carbonyl (C=O) groups is 1. The van der Waals surface area contributed by atoms with E-state index >= 15 is 0 Å². The highest BCUT2D eigenvalue weighted by molar-refractivity contribution is 7.85. The maximum Gasteiger partial charge on any atom is 0.266 e. The van der Waals surface area contributed by atoms with Gasteiger partial charge in [0.1, 0.15) is 0 Å².